The normalized spacial score (nSPS) is 18.7. The quantitative estimate of drug-likeness (QED) is 0.769. The molecule has 3 rings (SSSR count). The molecule has 0 spiro atoms. The van der Waals surface area contributed by atoms with Crippen LogP contribution in [0.2, 0.25) is 5.28 Å². The van der Waals surface area contributed by atoms with E-state index >= 15 is 0 Å². The highest BCUT2D eigenvalue weighted by Gasteiger charge is 2.40. The summed E-state index contributed by atoms with van der Waals surface area (Å²) in [5.41, 5.74) is 7.82. The highest BCUT2D eigenvalue weighted by Crippen LogP contribution is 2.42. The van der Waals surface area contributed by atoms with Gasteiger partial charge in [0, 0.05) is 11.7 Å². The van der Waals surface area contributed by atoms with Crippen LogP contribution in [0.3, 0.4) is 0 Å². The zero-order valence-electron chi connectivity index (χ0n) is 7.44. The van der Waals surface area contributed by atoms with Crippen molar-refractivity contribution in [2.24, 2.45) is 5.73 Å². The van der Waals surface area contributed by atoms with Crippen LogP contribution in [0.25, 0.3) is 5.65 Å². The van der Waals surface area contributed by atoms with Gasteiger partial charge in [0.15, 0.2) is 5.65 Å². The topological polar surface area (TPSA) is 56.2 Å². The molecule has 0 amide bonds. The predicted octanol–water partition coefficient (Wildman–Crippen LogP) is 1.33. The lowest BCUT2D eigenvalue weighted by Crippen LogP contribution is -2.18. The third-order valence-electron chi connectivity index (χ3n) is 2.73. The number of aromatic nitrogens is 3. The molecule has 2 heterocycles. The van der Waals surface area contributed by atoms with E-state index in [1.807, 2.05) is 18.3 Å². The van der Waals surface area contributed by atoms with E-state index in [9.17, 15) is 0 Å². The zero-order chi connectivity index (χ0) is 9.76. The molecule has 0 atom stereocenters. The zero-order valence-corrected chi connectivity index (χ0v) is 8.20. The maximum Gasteiger partial charge on any atom is 0.229 e. The third kappa shape index (κ3) is 1.04. The van der Waals surface area contributed by atoms with Crippen molar-refractivity contribution in [1.82, 2.24) is 14.6 Å². The average molecular weight is 209 g/mol. The van der Waals surface area contributed by atoms with Gasteiger partial charge in [0.1, 0.15) is 0 Å². The minimum Gasteiger partial charge on any atom is -0.321 e. The minimum absolute atomic E-state index is 0.125. The molecule has 0 aliphatic heterocycles. The summed E-state index contributed by atoms with van der Waals surface area (Å²) in [7, 11) is 0. The summed E-state index contributed by atoms with van der Waals surface area (Å²) in [6.45, 7) is 0. The van der Waals surface area contributed by atoms with Crippen molar-refractivity contribution < 1.29 is 0 Å². The summed E-state index contributed by atoms with van der Waals surface area (Å²) >= 11 is 5.81. The Hall–Kier alpha value is -1.13. The first-order valence-corrected chi connectivity index (χ1v) is 4.86. The van der Waals surface area contributed by atoms with Crippen LogP contribution in [0.5, 0.6) is 0 Å². The second-order valence-corrected chi connectivity index (χ2v) is 4.11. The highest BCUT2D eigenvalue weighted by molar-refractivity contribution is 6.28. The molecule has 14 heavy (non-hydrogen) atoms. The van der Waals surface area contributed by atoms with Crippen molar-refractivity contribution in [3.05, 3.63) is 29.2 Å². The molecule has 4 nitrogen and oxygen atoms in total. The van der Waals surface area contributed by atoms with Gasteiger partial charge in [0.25, 0.3) is 0 Å². The molecule has 0 unspecified atom stereocenters. The van der Waals surface area contributed by atoms with Crippen LogP contribution in [0.15, 0.2) is 18.3 Å². The summed E-state index contributed by atoms with van der Waals surface area (Å²) in [5.74, 6) is 0. The maximum atomic E-state index is 6.08. The molecule has 0 saturated heterocycles. The Kier molecular flexibility index (Phi) is 1.44. The monoisotopic (exact) mass is 208 g/mol. The van der Waals surface area contributed by atoms with E-state index in [1.165, 1.54) is 0 Å². The molecular formula is C9H9ClN4. The van der Waals surface area contributed by atoms with Crippen molar-refractivity contribution >= 4 is 17.2 Å². The van der Waals surface area contributed by atoms with E-state index in [1.54, 1.807) is 4.40 Å². The molecule has 0 aromatic carbocycles. The first kappa shape index (κ1) is 8.20. The smallest absolute Gasteiger partial charge is 0.229 e. The van der Waals surface area contributed by atoms with Gasteiger partial charge in [-0.05, 0) is 42.1 Å². The molecular weight excluding hydrogens is 200 g/mol. The number of nitrogens with two attached hydrogens (primary N) is 1. The predicted molar refractivity (Wildman–Crippen MR) is 53.1 cm³/mol. The number of nitrogens with zero attached hydrogens (tertiary/aromatic N) is 3. The van der Waals surface area contributed by atoms with Gasteiger partial charge >= 0.3 is 0 Å². The van der Waals surface area contributed by atoms with Crippen molar-refractivity contribution in [1.29, 1.82) is 0 Å². The van der Waals surface area contributed by atoms with Crippen LogP contribution in [0.1, 0.15) is 18.4 Å². The fourth-order valence-electron chi connectivity index (χ4n) is 1.59. The van der Waals surface area contributed by atoms with Crippen molar-refractivity contribution in [2.45, 2.75) is 18.4 Å². The van der Waals surface area contributed by atoms with Gasteiger partial charge in [-0.3, -0.25) is 4.40 Å². The first-order chi connectivity index (χ1) is 6.69. The number of fused-ring (bicyclic) bond motifs is 1. The molecule has 2 aromatic rings. The summed E-state index contributed by atoms with van der Waals surface area (Å²) in [6, 6.07) is 3.93. The Morgan fingerprint density at radius 3 is 2.93 bits per heavy atom. The average Bonchev–Trinajstić information content (AvgIpc) is 2.84. The number of pyridine rings is 1. The van der Waals surface area contributed by atoms with E-state index in [2.05, 4.69) is 10.2 Å². The summed E-state index contributed by atoms with van der Waals surface area (Å²) in [4.78, 5) is 0. The van der Waals surface area contributed by atoms with E-state index in [-0.39, 0.29) is 5.54 Å². The Morgan fingerprint density at radius 1 is 1.43 bits per heavy atom. The summed E-state index contributed by atoms with van der Waals surface area (Å²) in [5, 5.41) is 8.11. The second kappa shape index (κ2) is 2.46. The molecule has 0 bridgehead atoms. The minimum atomic E-state index is -0.125. The van der Waals surface area contributed by atoms with Crippen LogP contribution < -0.4 is 5.73 Å². The van der Waals surface area contributed by atoms with Gasteiger partial charge in [0.2, 0.25) is 5.28 Å². The third-order valence-corrected chi connectivity index (χ3v) is 2.99. The molecule has 2 aromatic heterocycles. The lowest BCUT2D eigenvalue weighted by molar-refractivity contribution is 0.738. The Bertz CT molecular complexity index is 500. The van der Waals surface area contributed by atoms with Crippen LogP contribution in [-0.2, 0) is 5.54 Å². The van der Waals surface area contributed by atoms with E-state index in [4.69, 9.17) is 17.3 Å². The molecule has 1 aliphatic carbocycles. The Labute approximate surface area is 85.7 Å². The molecule has 0 radical (unpaired) electrons. The Balaban J connectivity index is 2.21. The lowest BCUT2D eigenvalue weighted by Gasteiger charge is -2.08. The van der Waals surface area contributed by atoms with Crippen LogP contribution in [0.4, 0.5) is 0 Å². The van der Waals surface area contributed by atoms with Crippen molar-refractivity contribution in [2.75, 3.05) is 0 Å². The summed E-state index contributed by atoms with van der Waals surface area (Å²) in [6.07, 6.45) is 3.95. The fourth-order valence-corrected chi connectivity index (χ4v) is 1.78. The standard InChI is InChI=1S/C9H9ClN4/c10-8-13-12-7-5-6(1-4-14(7)8)9(11)2-3-9/h1,4-5H,2-3,11H2. The number of halogens is 1. The van der Waals surface area contributed by atoms with Crippen molar-refractivity contribution in [3.63, 3.8) is 0 Å². The largest absolute Gasteiger partial charge is 0.321 e. The lowest BCUT2D eigenvalue weighted by atomic mass is 10.1. The van der Waals surface area contributed by atoms with E-state index in [0.717, 1.165) is 24.1 Å². The number of hydrogen-bond acceptors (Lipinski definition) is 3. The van der Waals surface area contributed by atoms with Gasteiger partial charge < -0.3 is 5.73 Å². The molecule has 1 saturated carbocycles. The van der Waals surface area contributed by atoms with E-state index in [0.29, 0.717) is 5.28 Å². The van der Waals surface area contributed by atoms with Gasteiger partial charge in [-0.1, -0.05) is 0 Å². The Morgan fingerprint density at radius 2 is 2.21 bits per heavy atom. The van der Waals surface area contributed by atoms with Gasteiger partial charge in [-0.2, -0.15) is 0 Å². The molecule has 1 fully saturated rings. The molecule has 72 valence electrons. The fraction of sp³-hybridized carbons (Fsp3) is 0.333. The highest BCUT2D eigenvalue weighted by atomic mass is 35.5. The van der Waals surface area contributed by atoms with E-state index < -0.39 is 0 Å². The number of hydrogen-bond donors (Lipinski definition) is 1. The van der Waals surface area contributed by atoms with Gasteiger partial charge in [-0.25, -0.2) is 0 Å². The van der Waals surface area contributed by atoms with Crippen molar-refractivity contribution in [3.8, 4) is 0 Å². The van der Waals surface area contributed by atoms with Gasteiger partial charge in [-0.15, -0.1) is 10.2 Å². The van der Waals surface area contributed by atoms with Crippen LogP contribution in [-0.4, -0.2) is 14.6 Å². The summed E-state index contributed by atoms with van der Waals surface area (Å²) < 4.78 is 1.73. The SMILES string of the molecule is NC1(c2ccn3c(Cl)nnc3c2)CC1. The van der Waals surface area contributed by atoms with Crippen LogP contribution in [0, 0.1) is 0 Å². The maximum absolute atomic E-state index is 6.08. The second-order valence-electron chi connectivity index (χ2n) is 3.77. The molecule has 1 aliphatic rings. The first-order valence-electron chi connectivity index (χ1n) is 4.49. The number of rotatable bonds is 1. The molecule has 5 heteroatoms. The molecule has 2 N–H and O–H groups in total. The van der Waals surface area contributed by atoms with Crippen LogP contribution >= 0.6 is 11.6 Å². The van der Waals surface area contributed by atoms with Gasteiger partial charge in [0.05, 0.1) is 0 Å².